The van der Waals surface area contributed by atoms with E-state index in [1.165, 1.54) is 19.2 Å². The number of sulfonamides is 1. The molecule has 0 aliphatic carbocycles. The average Bonchev–Trinajstić information content (AvgIpc) is 2.60. The fourth-order valence-electron chi connectivity index (χ4n) is 2.32. The molecule has 2 aromatic rings. The van der Waals surface area contributed by atoms with E-state index in [1.54, 1.807) is 24.3 Å². The van der Waals surface area contributed by atoms with Gasteiger partial charge in [0.05, 0.1) is 19.6 Å². The van der Waals surface area contributed by atoms with Crippen molar-refractivity contribution < 1.29 is 31.5 Å². The summed E-state index contributed by atoms with van der Waals surface area (Å²) in [6.07, 6.45) is -0.288. The topological polar surface area (TPSA) is 81.7 Å². The first kappa shape index (κ1) is 21.3. The Kier molecular flexibility index (Phi) is 7.28. The van der Waals surface area contributed by atoms with Crippen molar-refractivity contribution in [2.24, 2.45) is 0 Å². The number of rotatable bonds is 8. The Morgan fingerprint density at radius 2 is 1.89 bits per heavy atom. The van der Waals surface area contributed by atoms with Crippen LogP contribution in [-0.4, -0.2) is 28.1 Å². The quantitative estimate of drug-likeness (QED) is 0.604. The molecule has 2 aromatic carbocycles. The molecule has 1 N–H and O–H groups in total. The van der Waals surface area contributed by atoms with Crippen LogP contribution in [0.25, 0.3) is 0 Å². The first-order valence-corrected chi connectivity index (χ1v) is 9.89. The number of halogens is 3. The zero-order valence-electron chi connectivity index (χ0n) is 14.1. The molecule has 2 rings (SSSR count). The number of hydrogen-bond acceptors (Lipinski definition) is 5. The Morgan fingerprint density at radius 1 is 1.19 bits per heavy atom. The van der Waals surface area contributed by atoms with E-state index in [9.17, 15) is 22.0 Å². The molecule has 0 heterocycles. The Balaban J connectivity index is 2.40. The van der Waals surface area contributed by atoms with Crippen LogP contribution in [-0.2, 0) is 19.6 Å². The van der Waals surface area contributed by atoms with Gasteiger partial charge in [-0.25, -0.2) is 13.1 Å². The van der Waals surface area contributed by atoms with Crippen LogP contribution in [0.4, 0.5) is 8.78 Å². The highest BCUT2D eigenvalue weighted by atomic mass is 79.9. The smallest absolute Gasteiger partial charge is 0.387 e. The molecule has 0 saturated heterocycles. The zero-order valence-corrected chi connectivity index (χ0v) is 16.5. The lowest BCUT2D eigenvalue weighted by molar-refractivity contribution is -0.141. The second-order valence-corrected chi connectivity index (χ2v) is 7.93. The van der Waals surface area contributed by atoms with Crippen LogP contribution in [0.15, 0.2) is 57.9 Å². The van der Waals surface area contributed by atoms with Crippen LogP contribution in [0.2, 0.25) is 0 Å². The predicted molar refractivity (Wildman–Crippen MR) is 96.9 cm³/mol. The maximum absolute atomic E-state index is 12.8. The van der Waals surface area contributed by atoms with Gasteiger partial charge in [-0.05, 0) is 29.8 Å². The van der Waals surface area contributed by atoms with Gasteiger partial charge < -0.3 is 9.47 Å². The van der Waals surface area contributed by atoms with Gasteiger partial charge in [-0.15, -0.1) is 0 Å². The summed E-state index contributed by atoms with van der Waals surface area (Å²) >= 11 is 3.28. The Hall–Kier alpha value is -2.04. The van der Waals surface area contributed by atoms with Crippen molar-refractivity contribution in [3.63, 3.8) is 0 Å². The molecule has 0 amide bonds. The number of ether oxygens (including phenoxy) is 2. The van der Waals surface area contributed by atoms with Crippen molar-refractivity contribution in [2.75, 3.05) is 7.11 Å². The molecular formula is C17H16BrF2NO5S. The first-order valence-electron chi connectivity index (χ1n) is 7.61. The minimum absolute atomic E-state index is 0.288. The molecule has 0 aromatic heterocycles. The number of benzene rings is 2. The fraction of sp³-hybridized carbons (Fsp3) is 0.235. The van der Waals surface area contributed by atoms with Gasteiger partial charge in [-0.3, -0.25) is 4.79 Å². The Labute approximate surface area is 163 Å². The molecule has 10 heteroatoms. The van der Waals surface area contributed by atoms with Gasteiger partial charge in [0.2, 0.25) is 10.0 Å². The summed E-state index contributed by atoms with van der Waals surface area (Å²) in [5, 5.41) is 0. The predicted octanol–water partition coefficient (Wildman–Crippen LogP) is 3.63. The van der Waals surface area contributed by atoms with E-state index in [1.807, 2.05) is 0 Å². The van der Waals surface area contributed by atoms with E-state index in [-0.39, 0.29) is 6.42 Å². The third-order valence-corrected chi connectivity index (χ3v) is 5.51. The molecular weight excluding hydrogens is 448 g/mol. The molecule has 0 aliphatic rings. The van der Waals surface area contributed by atoms with Crippen molar-refractivity contribution in [1.82, 2.24) is 4.72 Å². The largest absolute Gasteiger partial charge is 0.469 e. The first-order chi connectivity index (χ1) is 12.7. The highest BCUT2D eigenvalue weighted by molar-refractivity contribution is 9.10. The molecule has 0 aliphatic heterocycles. The number of methoxy groups -OCH3 is 1. The molecule has 6 nitrogen and oxygen atoms in total. The molecule has 0 fully saturated rings. The number of para-hydroxylation sites is 1. The van der Waals surface area contributed by atoms with Gasteiger partial charge in [-0.2, -0.15) is 8.78 Å². The summed E-state index contributed by atoms with van der Waals surface area (Å²) < 4.78 is 62.6. The highest BCUT2D eigenvalue weighted by Crippen LogP contribution is 2.28. The normalized spacial score (nSPS) is 12.6. The molecule has 0 radical (unpaired) electrons. The number of carbonyl (C=O) groups excluding carboxylic acids is 1. The summed E-state index contributed by atoms with van der Waals surface area (Å²) in [4.78, 5) is 11.3. The summed E-state index contributed by atoms with van der Waals surface area (Å²) in [5.74, 6) is -1.13. The minimum Gasteiger partial charge on any atom is -0.469 e. The molecule has 1 atom stereocenters. The number of hydrogen-bond donors (Lipinski definition) is 1. The van der Waals surface area contributed by atoms with Crippen molar-refractivity contribution in [3.05, 3.63) is 58.6 Å². The third-order valence-electron chi connectivity index (χ3n) is 3.50. The monoisotopic (exact) mass is 463 g/mol. The molecule has 1 unspecified atom stereocenters. The highest BCUT2D eigenvalue weighted by Gasteiger charge is 2.27. The van der Waals surface area contributed by atoms with E-state index in [2.05, 4.69) is 30.1 Å². The molecule has 0 saturated carbocycles. The van der Waals surface area contributed by atoms with Crippen LogP contribution in [0.5, 0.6) is 5.75 Å². The lowest BCUT2D eigenvalue weighted by Crippen LogP contribution is -2.31. The van der Waals surface area contributed by atoms with E-state index in [0.29, 0.717) is 10.0 Å². The van der Waals surface area contributed by atoms with Gasteiger partial charge >= 0.3 is 12.6 Å². The maximum atomic E-state index is 12.8. The van der Waals surface area contributed by atoms with Crippen molar-refractivity contribution in [3.8, 4) is 5.75 Å². The van der Waals surface area contributed by atoms with Gasteiger partial charge in [0.25, 0.3) is 0 Å². The lowest BCUT2D eigenvalue weighted by atomic mass is 10.1. The third kappa shape index (κ3) is 5.98. The summed E-state index contributed by atoms with van der Waals surface area (Å²) in [5.41, 5.74) is 0.491. The second kappa shape index (κ2) is 9.25. The van der Waals surface area contributed by atoms with Crippen molar-refractivity contribution in [2.45, 2.75) is 24.0 Å². The molecule has 0 spiro atoms. The van der Waals surface area contributed by atoms with Gasteiger partial charge in [-0.1, -0.05) is 40.2 Å². The molecule has 0 bridgehead atoms. The fourth-order valence-corrected chi connectivity index (χ4v) is 4.09. The Morgan fingerprint density at radius 3 is 2.52 bits per heavy atom. The summed E-state index contributed by atoms with van der Waals surface area (Å²) in [6.45, 7) is -3.18. The van der Waals surface area contributed by atoms with Crippen LogP contribution in [0.3, 0.4) is 0 Å². The number of esters is 1. The standard InChI is InChI=1S/C17H16BrF2NO5S/c1-25-16(22)10-13(11-5-4-6-12(18)9-11)21-27(23,24)15-8-3-2-7-14(15)26-17(19)20/h2-9,13,17,21H,10H2,1H3. The van der Waals surface area contributed by atoms with E-state index in [4.69, 9.17) is 0 Å². The van der Waals surface area contributed by atoms with Crippen LogP contribution >= 0.6 is 15.9 Å². The molecule has 27 heavy (non-hydrogen) atoms. The number of carbonyl (C=O) groups is 1. The van der Waals surface area contributed by atoms with Gasteiger partial charge in [0.15, 0.2) is 0 Å². The number of nitrogens with one attached hydrogen (secondary N) is 1. The minimum atomic E-state index is -4.28. The van der Waals surface area contributed by atoms with Crippen LogP contribution in [0, 0.1) is 0 Å². The van der Waals surface area contributed by atoms with Crippen molar-refractivity contribution >= 4 is 31.9 Å². The lowest BCUT2D eigenvalue weighted by Gasteiger charge is -2.19. The maximum Gasteiger partial charge on any atom is 0.387 e. The van der Waals surface area contributed by atoms with Gasteiger partial charge in [0, 0.05) is 4.47 Å². The van der Waals surface area contributed by atoms with E-state index >= 15 is 0 Å². The van der Waals surface area contributed by atoms with Crippen LogP contribution in [0.1, 0.15) is 18.0 Å². The molecule has 146 valence electrons. The Bertz CT molecular complexity index is 908. The second-order valence-electron chi connectivity index (χ2n) is 5.33. The van der Waals surface area contributed by atoms with E-state index in [0.717, 1.165) is 12.1 Å². The summed E-state index contributed by atoms with van der Waals surface area (Å²) in [7, 11) is -3.10. The van der Waals surface area contributed by atoms with Crippen LogP contribution < -0.4 is 9.46 Å². The summed E-state index contributed by atoms with van der Waals surface area (Å²) in [6, 6.07) is 10.7. The van der Waals surface area contributed by atoms with E-state index < -0.39 is 39.3 Å². The zero-order chi connectivity index (χ0) is 20.0. The van der Waals surface area contributed by atoms with Crippen molar-refractivity contribution in [1.29, 1.82) is 0 Å². The van der Waals surface area contributed by atoms with Gasteiger partial charge in [0.1, 0.15) is 10.6 Å². The SMILES string of the molecule is COC(=O)CC(NS(=O)(=O)c1ccccc1OC(F)F)c1cccc(Br)c1. The number of alkyl halides is 2. The average molecular weight is 464 g/mol.